The summed E-state index contributed by atoms with van der Waals surface area (Å²) in [6, 6.07) is 12.4. The van der Waals surface area contributed by atoms with Crippen LogP contribution >= 0.6 is 34.8 Å². The number of carbonyl (C=O) groups is 1. The summed E-state index contributed by atoms with van der Waals surface area (Å²) in [4.78, 5) is 11.2. The summed E-state index contributed by atoms with van der Waals surface area (Å²) in [5.74, 6) is -1.96. The van der Waals surface area contributed by atoms with Crippen LogP contribution in [0.2, 0.25) is 0 Å². The molecule has 1 saturated heterocycles. The molecule has 1 fully saturated rings. The van der Waals surface area contributed by atoms with Crippen molar-refractivity contribution >= 4 is 40.8 Å². The molecule has 8 nitrogen and oxygen atoms in total. The van der Waals surface area contributed by atoms with Crippen molar-refractivity contribution in [2.75, 3.05) is 0 Å². The maximum absolute atomic E-state index is 11.2. The van der Waals surface area contributed by atoms with Gasteiger partial charge >= 0.3 is 5.97 Å². The Hall–Kier alpha value is -1.78. The van der Waals surface area contributed by atoms with Crippen molar-refractivity contribution in [1.82, 2.24) is 0 Å². The molecule has 0 spiro atoms. The van der Waals surface area contributed by atoms with Crippen LogP contribution < -0.4 is 4.74 Å². The molecule has 1 unspecified atom stereocenters. The number of phenolic OH excluding ortho intramolecular Hbond substituents is 1. The highest BCUT2D eigenvalue weighted by molar-refractivity contribution is 6.68. The molecule has 2 aromatic carbocycles. The van der Waals surface area contributed by atoms with Gasteiger partial charge in [-0.15, -0.1) is 0 Å². The van der Waals surface area contributed by atoms with Crippen molar-refractivity contribution in [1.29, 1.82) is 0 Å². The predicted octanol–water partition coefficient (Wildman–Crippen LogP) is 2.17. The Bertz CT molecular complexity index is 900. The molecule has 2 aromatic rings. The maximum atomic E-state index is 11.2. The van der Waals surface area contributed by atoms with Gasteiger partial charge in [0.05, 0.1) is 5.92 Å². The molecule has 0 aromatic heterocycles. The van der Waals surface area contributed by atoms with Crippen molar-refractivity contribution < 1.29 is 39.8 Å². The molecule has 3 rings (SSSR count). The second kappa shape index (κ2) is 9.38. The summed E-state index contributed by atoms with van der Waals surface area (Å²) < 4.78 is 8.85. The third-order valence-corrected chi connectivity index (χ3v) is 5.49. The number of aliphatic hydroxyl groups excluding tert-OH is 3. The van der Waals surface area contributed by atoms with Gasteiger partial charge in [-0.3, -0.25) is 0 Å². The van der Waals surface area contributed by atoms with Crippen LogP contribution in [-0.4, -0.2) is 66.0 Å². The smallest absolute Gasteiger partial charge is 0.335 e. The van der Waals surface area contributed by atoms with Crippen LogP contribution in [0.4, 0.5) is 0 Å². The van der Waals surface area contributed by atoms with E-state index in [1.165, 1.54) is 24.3 Å². The molecule has 1 aliphatic heterocycles. The number of hydrogen-bond acceptors (Lipinski definition) is 7. The van der Waals surface area contributed by atoms with Gasteiger partial charge in [0.15, 0.2) is 6.10 Å². The van der Waals surface area contributed by atoms with Crippen LogP contribution in [-0.2, 0) is 9.53 Å². The molecule has 1 aliphatic rings. The molecular formula is C20H19Cl3O8. The predicted molar refractivity (Wildman–Crippen MR) is 112 cm³/mol. The van der Waals surface area contributed by atoms with Crippen LogP contribution in [0.15, 0.2) is 48.5 Å². The molecule has 0 radical (unpaired) electrons. The summed E-state index contributed by atoms with van der Waals surface area (Å²) in [7, 11) is 0. The number of aliphatic hydroxyl groups is 3. The van der Waals surface area contributed by atoms with E-state index in [1.807, 2.05) is 0 Å². The molecule has 6 atom stereocenters. The number of carboxylic acid groups (broad SMARTS) is 1. The van der Waals surface area contributed by atoms with E-state index in [0.29, 0.717) is 11.1 Å². The summed E-state index contributed by atoms with van der Waals surface area (Å²) in [5, 5.41) is 48.3. The molecule has 0 aliphatic carbocycles. The fourth-order valence-corrected chi connectivity index (χ4v) is 4.02. The molecule has 0 amide bonds. The highest BCUT2D eigenvalue weighted by Gasteiger charge is 2.48. The topological polar surface area (TPSA) is 137 Å². The quantitative estimate of drug-likeness (QED) is 0.400. The van der Waals surface area contributed by atoms with Crippen LogP contribution in [0, 0.1) is 0 Å². The Balaban J connectivity index is 1.81. The fourth-order valence-electron chi connectivity index (χ4n) is 3.26. The lowest BCUT2D eigenvalue weighted by Gasteiger charge is -2.38. The number of benzene rings is 2. The molecule has 1 heterocycles. The van der Waals surface area contributed by atoms with Gasteiger partial charge in [-0.2, -0.15) is 0 Å². The SMILES string of the molecule is O=C(O)[C@H]1O[C@@H](Oc2ccc(C(c3ccc(O)cc3)C(Cl)(Cl)Cl)cc2)[C@H](O)[C@@H](O)[C@@H]1O. The number of rotatable bonds is 5. The minimum Gasteiger partial charge on any atom is -0.508 e. The molecule has 11 heteroatoms. The Labute approximate surface area is 192 Å². The average molecular weight is 494 g/mol. The van der Waals surface area contributed by atoms with Gasteiger partial charge in [0.25, 0.3) is 0 Å². The molecule has 168 valence electrons. The lowest BCUT2D eigenvalue weighted by atomic mass is 9.92. The van der Waals surface area contributed by atoms with Crippen LogP contribution in [0.3, 0.4) is 0 Å². The maximum Gasteiger partial charge on any atom is 0.335 e. The summed E-state index contributed by atoms with van der Waals surface area (Å²) in [6.45, 7) is 0. The van der Waals surface area contributed by atoms with Crippen molar-refractivity contribution in [3.05, 3.63) is 59.7 Å². The number of aromatic hydroxyl groups is 1. The van der Waals surface area contributed by atoms with Crippen molar-refractivity contribution in [3.8, 4) is 11.5 Å². The number of phenols is 1. The first kappa shape index (κ1) is 23.9. The summed E-state index contributed by atoms with van der Waals surface area (Å²) >= 11 is 18.5. The van der Waals surface area contributed by atoms with Crippen molar-refractivity contribution in [2.24, 2.45) is 0 Å². The van der Waals surface area contributed by atoms with E-state index in [2.05, 4.69) is 0 Å². The van der Waals surface area contributed by atoms with E-state index >= 15 is 0 Å². The number of halogens is 3. The number of alkyl halides is 3. The van der Waals surface area contributed by atoms with Gasteiger partial charge in [0, 0.05) is 0 Å². The molecule has 0 bridgehead atoms. The Morgan fingerprint density at radius 1 is 0.903 bits per heavy atom. The third kappa shape index (κ3) is 5.35. The van der Waals surface area contributed by atoms with E-state index in [4.69, 9.17) is 49.4 Å². The highest BCUT2D eigenvalue weighted by atomic mass is 35.6. The normalized spacial score (nSPS) is 27.5. The standard InChI is InChI=1S/C20H19Cl3O8/c21-20(22,23)13(9-1-5-11(24)6-2-9)10-3-7-12(8-4-10)30-19-16(27)14(25)15(26)17(31-19)18(28)29/h1-8,13-17,19,24-27H,(H,28,29)/t13?,14-,15-,16+,17-,19+/m0/s1. The van der Waals surface area contributed by atoms with E-state index in [-0.39, 0.29) is 11.5 Å². The van der Waals surface area contributed by atoms with Gasteiger partial charge in [0.2, 0.25) is 10.1 Å². The molecule has 5 N–H and O–H groups in total. The average Bonchev–Trinajstić information content (AvgIpc) is 2.70. The number of ether oxygens (including phenoxy) is 2. The van der Waals surface area contributed by atoms with Gasteiger partial charge in [-0.25, -0.2) is 4.79 Å². The second-order valence-electron chi connectivity index (χ2n) is 6.99. The minimum absolute atomic E-state index is 0.0635. The lowest BCUT2D eigenvalue weighted by Crippen LogP contribution is -2.61. The fraction of sp³-hybridized carbons (Fsp3) is 0.350. The van der Waals surface area contributed by atoms with Crippen LogP contribution in [0.25, 0.3) is 0 Å². The zero-order valence-electron chi connectivity index (χ0n) is 15.7. The largest absolute Gasteiger partial charge is 0.508 e. The van der Waals surface area contributed by atoms with Gasteiger partial charge in [-0.05, 0) is 35.4 Å². The lowest BCUT2D eigenvalue weighted by molar-refractivity contribution is -0.271. The molecule has 0 saturated carbocycles. The van der Waals surface area contributed by atoms with Gasteiger partial charge in [-0.1, -0.05) is 59.1 Å². The number of carboxylic acids is 1. The van der Waals surface area contributed by atoms with Crippen molar-refractivity contribution in [2.45, 2.75) is 40.4 Å². The Kier molecular flexibility index (Phi) is 7.22. The molecular weight excluding hydrogens is 475 g/mol. The number of hydrogen-bond donors (Lipinski definition) is 5. The van der Waals surface area contributed by atoms with Crippen molar-refractivity contribution in [3.63, 3.8) is 0 Å². The van der Waals surface area contributed by atoms with E-state index in [0.717, 1.165) is 0 Å². The van der Waals surface area contributed by atoms with Crippen LogP contribution in [0.5, 0.6) is 11.5 Å². The highest BCUT2D eigenvalue weighted by Crippen LogP contribution is 2.46. The minimum atomic E-state index is -1.81. The molecule has 31 heavy (non-hydrogen) atoms. The second-order valence-corrected chi connectivity index (χ2v) is 9.36. The number of aliphatic carboxylic acids is 1. The third-order valence-electron chi connectivity index (χ3n) is 4.83. The summed E-state index contributed by atoms with van der Waals surface area (Å²) in [6.07, 6.45) is -8.58. The van der Waals surface area contributed by atoms with Gasteiger partial charge < -0.3 is 35.0 Å². The monoisotopic (exact) mass is 492 g/mol. The first-order valence-corrected chi connectivity index (χ1v) is 10.2. The first-order chi connectivity index (χ1) is 14.5. The zero-order chi connectivity index (χ0) is 22.9. The summed E-state index contributed by atoms with van der Waals surface area (Å²) in [5.41, 5.74) is 1.24. The Morgan fingerprint density at radius 2 is 1.42 bits per heavy atom. The van der Waals surface area contributed by atoms with Crippen LogP contribution in [0.1, 0.15) is 17.0 Å². The Morgan fingerprint density at radius 3 is 1.90 bits per heavy atom. The van der Waals surface area contributed by atoms with E-state index < -0.39 is 46.4 Å². The first-order valence-electron chi connectivity index (χ1n) is 9.03. The van der Waals surface area contributed by atoms with Gasteiger partial charge in [0.1, 0.15) is 29.8 Å². The van der Waals surface area contributed by atoms with E-state index in [1.54, 1.807) is 24.3 Å². The zero-order valence-corrected chi connectivity index (χ0v) is 17.9. The van der Waals surface area contributed by atoms with E-state index in [9.17, 15) is 25.2 Å².